The van der Waals surface area contributed by atoms with E-state index in [1.54, 1.807) is 12.1 Å². The van der Waals surface area contributed by atoms with E-state index in [9.17, 15) is 22.4 Å². The second-order valence-electron chi connectivity index (χ2n) is 11.7. The highest BCUT2D eigenvalue weighted by atomic mass is 19.4. The minimum Gasteiger partial charge on any atom is -0.484 e. The first kappa shape index (κ1) is 30.1. The molecule has 0 unspecified atom stereocenters. The van der Waals surface area contributed by atoms with Crippen molar-refractivity contribution >= 4 is 28.6 Å². The van der Waals surface area contributed by atoms with Gasteiger partial charge in [-0.3, -0.25) is 9.78 Å². The van der Waals surface area contributed by atoms with Gasteiger partial charge in [0, 0.05) is 24.0 Å². The summed E-state index contributed by atoms with van der Waals surface area (Å²) in [5.41, 5.74) is 2.28. The van der Waals surface area contributed by atoms with E-state index in [4.69, 9.17) is 9.72 Å². The molecule has 5 rings (SSSR count). The summed E-state index contributed by atoms with van der Waals surface area (Å²) < 4.78 is 63.5. The summed E-state index contributed by atoms with van der Waals surface area (Å²) in [4.78, 5) is 21.1. The minimum absolute atomic E-state index is 0.0627. The maximum Gasteiger partial charge on any atom is 0.573 e. The van der Waals surface area contributed by atoms with E-state index in [0.717, 1.165) is 24.8 Å². The molecule has 0 saturated heterocycles. The Kier molecular flexibility index (Phi) is 8.48. The maximum absolute atomic E-state index is 13.8. The average Bonchev–Trinajstić information content (AvgIpc) is 3.27. The fraction of sp³-hybridized carbons (Fsp3) is 0.387. The van der Waals surface area contributed by atoms with Crippen LogP contribution >= 0.6 is 0 Å². The molecule has 1 amide bonds. The number of nitrogens with zero attached hydrogens (tertiary/aromatic N) is 3. The summed E-state index contributed by atoms with van der Waals surface area (Å²) in [6.45, 7) is 6.39. The number of alkyl halides is 3. The Morgan fingerprint density at radius 2 is 1.84 bits per heavy atom. The van der Waals surface area contributed by atoms with Crippen LogP contribution < -0.4 is 20.1 Å². The van der Waals surface area contributed by atoms with Crippen LogP contribution in [-0.2, 0) is 11.3 Å². The molecule has 2 heterocycles. The largest absolute Gasteiger partial charge is 0.573 e. The Morgan fingerprint density at radius 3 is 2.53 bits per heavy atom. The molecule has 1 aliphatic rings. The van der Waals surface area contributed by atoms with Crippen LogP contribution in [0.2, 0.25) is 0 Å². The number of amides is 1. The Balaban J connectivity index is 1.36. The lowest BCUT2D eigenvalue weighted by atomic mass is 9.70. The summed E-state index contributed by atoms with van der Waals surface area (Å²) in [6.07, 6.45) is -0.356. The highest BCUT2D eigenvalue weighted by Crippen LogP contribution is 2.46. The molecular formula is C31H33F4N5O3. The third kappa shape index (κ3) is 7.74. The van der Waals surface area contributed by atoms with Crippen LogP contribution in [0, 0.1) is 17.2 Å². The Morgan fingerprint density at radius 1 is 1.09 bits per heavy atom. The molecule has 0 aliphatic heterocycles. The lowest BCUT2D eigenvalue weighted by molar-refractivity contribution is -0.274. The normalized spacial score (nSPS) is 18.3. The molecule has 1 saturated carbocycles. The summed E-state index contributed by atoms with van der Waals surface area (Å²) >= 11 is 0. The number of aromatic nitrogens is 3. The van der Waals surface area contributed by atoms with Crippen LogP contribution in [0.5, 0.6) is 11.5 Å². The molecule has 0 radical (unpaired) electrons. The van der Waals surface area contributed by atoms with Crippen molar-refractivity contribution in [3.63, 3.8) is 0 Å². The van der Waals surface area contributed by atoms with Crippen molar-refractivity contribution in [2.45, 2.75) is 59.0 Å². The van der Waals surface area contributed by atoms with Gasteiger partial charge < -0.3 is 24.7 Å². The minimum atomic E-state index is -4.77. The number of ether oxygens (including phenoxy) is 2. The van der Waals surface area contributed by atoms with Gasteiger partial charge in [0.05, 0.1) is 23.3 Å². The van der Waals surface area contributed by atoms with Gasteiger partial charge in [-0.05, 0) is 79.1 Å². The molecule has 2 N–H and O–H groups in total. The van der Waals surface area contributed by atoms with Gasteiger partial charge in [-0.25, -0.2) is 9.37 Å². The lowest BCUT2D eigenvalue weighted by Gasteiger charge is -2.40. The van der Waals surface area contributed by atoms with Gasteiger partial charge in [0.15, 0.2) is 6.61 Å². The Labute approximate surface area is 246 Å². The Hall–Kier alpha value is -4.35. The number of pyridine rings is 1. The van der Waals surface area contributed by atoms with Crippen LogP contribution in [0.15, 0.2) is 60.8 Å². The summed E-state index contributed by atoms with van der Waals surface area (Å²) in [6, 6.07) is 13.7. The maximum atomic E-state index is 13.8. The van der Waals surface area contributed by atoms with E-state index in [-0.39, 0.29) is 36.1 Å². The first-order chi connectivity index (χ1) is 20.3. The van der Waals surface area contributed by atoms with Crippen molar-refractivity contribution in [3.05, 3.63) is 72.3 Å². The van der Waals surface area contributed by atoms with Crippen molar-refractivity contribution in [3.8, 4) is 11.5 Å². The smallest absolute Gasteiger partial charge is 0.484 e. The number of carbonyl (C=O) groups is 1. The zero-order valence-electron chi connectivity index (χ0n) is 24.0. The molecule has 1 fully saturated rings. The lowest BCUT2D eigenvalue weighted by Crippen LogP contribution is -2.29. The van der Waals surface area contributed by atoms with E-state index >= 15 is 0 Å². The number of anilines is 2. The molecule has 1 aliphatic carbocycles. The molecule has 0 bridgehead atoms. The molecule has 2 aromatic carbocycles. The van der Waals surface area contributed by atoms with Crippen molar-refractivity contribution in [2.75, 3.05) is 11.9 Å². The van der Waals surface area contributed by atoms with Crippen LogP contribution in [-0.4, -0.2) is 33.4 Å². The fourth-order valence-electron chi connectivity index (χ4n) is 5.92. The zero-order chi connectivity index (χ0) is 30.8. The van der Waals surface area contributed by atoms with Gasteiger partial charge in [0.2, 0.25) is 5.95 Å². The molecule has 4 aromatic rings. The SMILES string of the molecule is C[C@H]1C[C@H](n2c(Nc3ccc(OC(F)(F)F)cc3)nc3cc(OCC(=O)NCc4ncccc4F)ccc32)CC(C)(C)C1. The summed E-state index contributed by atoms with van der Waals surface area (Å²) in [5.74, 6) is 0.198. The molecule has 12 heteroatoms. The van der Waals surface area contributed by atoms with Crippen LogP contribution in [0.3, 0.4) is 0 Å². The molecule has 43 heavy (non-hydrogen) atoms. The topological polar surface area (TPSA) is 90.3 Å². The predicted molar refractivity (Wildman–Crippen MR) is 154 cm³/mol. The number of hydrogen-bond donors (Lipinski definition) is 2. The van der Waals surface area contributed by atoms with Crippen molar-refractivity contribution in [2.24, 2.45) is 11.3 Å². The van der Waals surface area contributed by atoms with E-state index in [1.165, 1.54) is 42.6 Å². The number of imidazole rings is 1. The van der Waals surface area contributed by atoms with E-state index in [2.05, 4.69) is 45.7 Å². The Bertz CT molecular complexity index is 1590. The van der Waals surface area contributed by atoms with Crippen molar-refractivity contribution in [1.29, 1.82) is 0 Å². The van der Waals surface area contributed by atoms with Gasteiger partial charge in [0.1, 0.15) is 17.3 Å². The second-order valence-corrected chi connectivity index (χ2v) is 11.7. The van der Waals surface area contributed by atoms with Gasteiger partial charge in [-0.15, -0.1) is 13.2 Å². The van der Waals surface area contributed by atoms with E-state index in [0.29, 0.717) is 28.8 Å². The van der Waals surface area contributed by atoms with E-state index < -0.39 is 18.1 Å². The fourth-order valence-corrected chi connectivity index (χ4v) is 5.92. The predicted octanol–water partition coefficient (Wildman–Crippen LogP) is 7.30. The number of halogens is 4. The average molecular weight is 600 g/mol. The first-order valence-electron chi connectivity index (χ1n) is 14.0. The number of hydrogen-bond acceptors (Lipinski definition) is 6. The number of fused-ring (bicyclic) bond motifs is 1. The molecule has 2 atom stereocenters. The van der Waals surface area contributed by atoms with E-state index in [1.807, 2.05) is 6.07 Å². The second kappa shape index (κ2) is 12.1. The molecule has 0 spiro atoms. The summed E-state index contributed by atoms with van der Waals surface area (Å²) in [7, 11) is 0. The summed E-state index contributed by atoms with van der Waals surface area (Å²) in [5, 5.41) is 5.86. The number of benzene rings is 2. The standard InChI is InChI=1S/C31H33F4N5O3/c1-19-13-21(16-30(2,3)15-19)40-27-11-10-23(42-18-28(41)37-17-26-24(32)5-4-12-36-26)14-25(27)39-29(40)38-20-6-8-22(9-7-20)43-31(33,34)35/h4-12,14,19,21H,13,15-18H2,1-3H3,(H,37,41)(H,38,39)/t19-,21-/m0/s1. The third-order valence-corrected chi connectivity index (χ3v) is 7.39. The number of rotatable bonds is 9. The molecule has 2 aromatic heterocycles. The highest BCUT2D eigenvalue weighted by molar-refractivity contribution is 5.82. The van der Waals surface area contributed by atoms with Gasteiger partial charge in [-0.1, -0.05) is 20.8 Å². The van der Waals surface area contributed by atoms with Gasteiger partial charge >= 0.3 is 6.36 Å². The quantitative estimate of drug-likeness (QED) is 0.196. The van der Waals surface area contributed by atoms with Crippen molar-refractivity contribution < 1.29 is 31.8 Å². The number of nitrogens with one attached hydrogen (secondary N) is 2. The van der Waals surface area contributed by atoms with Crippen LogP contribution in [0.4, 0.5) is 29.2 Å². The van der Waals surface area contributed by atoms with Crippen LogP contribution in [0.1, 0.15) is 51.8 Å². The molecule has 8 nitrogen and oxygen atoms in total. The van der Waals surface area contributed by atoms with Crippen molar-refractivity contribution in [1.82, 2.24) is 19.9 Å². The van der Waals surface area contributed by atoms with Crippen LogP contribution in [0.25, 0.3) is 11.0 Å². The van der Waals surface area contributed by atoms with Gasteiger partial charge in [-0.2, -0.15) is 0 Å². The molecular weight excluding hydrogens is 566 g/mol. The monoisotopic (exact) mass is 599 g/mol. The number of carbonyl (C=O) groups excluding carboxylic acids is 1. The highest BCUT2D eigenvalue weighted by Gasteiger charge is 2.35. The third-order valence-electron chi connectivity index (χ3n) is 7.39. The molecule has 228 valence electrons. The van der Waals surface area contributed by atoms with Gasteiger partial charge in [0.25, 0.3) is 5.91 Å². The zero-order valence-corrected chi connectivity index (χ0v) is 24.0. The first-order valence-corrected chi connectivity index (χ1v) is 14.0.